The van der Waals surface area contributed by atoms with Gasteiger partial charge in [-0.1, -0.05) is 26.2 Å². The highest BCUT2D eigenvalue weighted by Crippen LogP contribution is 2.37. The SMILES string of the molecule is CC1(C(=O)N2CCN(CC#N)CC2)CCCCC1. The van der Waals surface area contributed by atoms with Gasteiger partial charge in [0.2, 0.25) is 5.91 Å². The number of nitriles is 1. The van der Waals surface area contributed by atoms with Crippen LogP contribution in [0.4, 0.5) is 0 Å². The van der Waals surface area contributed by atoms with Crippen molar-refractivity contribution in [2.24, 2.45) is 5.41 Å². The lowest BCUT2D eigenvalue weighted by Gasteiger charge is -2.40. The average molecular weight is 249 g/mol. The van der Waals surface area contributed by atoms with Crippen molar-refractivity contribution in [3.8, 4) is 6.07 Å². The van der Waals surface area contributed by atoms with Gasteiger partial charge in [0.1, 0.15) is 0 Å². The number of carbonyl (C=O) groups excluding carboxylic acids is 1. The topological polar surface area (TPSA) is 47.3 Å². The van der Waals surface area contributed by atoms with E-state index in [1.807, 2.05) is 4.90 Å². The first-order chi connectivity index (χ1) is 8.65. The first-order valence-electron chi connectivity index (χ1n) is 7.04. The van der Waals surface area contributed by atoms with Crippen LogP contribution in [0.25, 0.3) is 0 Å². The van der Waals surface area contributed by atoms with Crippen LogP contribution < -0.4 is 0 Å². The van der Waals surface area contributed by atoms with E-state index in [0.29, 0.717) is 12.5 Å². The molecule has 1 saturated heterocycles. The van der Waals surface area contributed by atoms with Crippen molar-refractivity contribution in [3.63, 3.8) is 0 Å². The number of amides is 1. The van der Waals surface area contributed by atoms with E-state index in [9.17, 15) is 4.79 Å². The Balaban J connectivity index is 1.89. The fourth-order valence-electron chi connectivity index (χ4n) is 3.14. The third-order valence-corrected chi connectivity index (χ3v) is 4.43. The zero-order valence-corrected chi connectivity index (χ0v) is 11.3. The smallest absolute Gasteiger partial charge is 0.228 e. The van der Waals surface area contributed by atoms with Crippen molar-refractivity contribution in [1.29, 1.82) is 5.26 Å². The maximum atomic E-state index is 12.6. The van der Waals surface area contributed by atoms with Crippen molar-refractivity contribution < 1.29 is 4.79 Å². The monoisotopic (exact) mass is 249 g/mol. The molecule has 0 aromatic rings. The molecule has 18 heavy (non-hydrogen) atoms. The molecule has 0 spiro atoms. The fourth-order valence-corrected chi connectivity index (χ4v) is 3.14. The van der Waals surface area contributed by atoms with Gasteiger partial charge in [0, 0.05) is 31.6 Å². The molecule has 1 aliphatic carbocycles. The van der Waals surface area contributed by atoms with Crippen LogP contribution in [-0.4, -0.2) is 48.4 Å². The highest BCUT2D eigenvalue weighted by atomic mass is 16.2. The van der Waals surface area contributed by atoms with Gasteiger partial charge in [-0.3, -0.25) is 9.69 Å². The molecule has 0 aromatic carbocycles. The first kappa shape index (κ1) is 13.4. The zero-order valence-electron chi connectivity index (χ0n) is 11.3. The minimum absolute atomic E-state index is 0.115. The molecule has 4 heteroatoms. The van der Waals surface area contributed by atoms with E-state index in [0.717, 1.165) is 39.0 Å². The lowest BCUT2D eigenvalue weighted by molar-refractivity contribution is -0.144. The Morgan fingerprint density at radius 1 is 1.17 bits per heavy atom. The van der Waals surface area contributed by atoms with Crippen LogP contribution in [0.2, 0.25) is 0 Å². The molecule has 1 heterocycles. The minimum atomic E-state index is -0.115. The Morgan fingerprint density at radius 2 is 1.78 bits per heavy atom. The van der Waals surface area contributed by atoms with Crippen molar-refractivity contribution in [2.75, 3.05) is 32.7 Å². The molecule has 2 rings (SSSR count). The van der Waals surface area contributed by atoms with Gasteiger partial charge in [-0.25, -0.2) is 0 Å². The third-order valence-electron chi connectivity index (χ3n) is 4.43. The summed E-state index contributed by atoms with van der Waals surface area (Å²) in [5.74, 6) is 0.346. The van der Waals surface area contributed by atoms with Gasteiger partial charge < -0.3 is 4.90 Å². The molecule has 4 nitrogen and oxygen atoms in total. The lowest BCUT2D eigenvalue weighted by Crippen LogP contribution is -2.53. The number of nitrogens with zero attached hydrogens (tertiary/aromatic N) is 3. The molecule has 0 radical (unpaired) electrons. The Kier molecular flexibility index (Phi) is 4.23. The molecular formula is C14H23N3O. The Bertz CT molecular complexity index is 333. The van der Waals surface area contributed by atoms with E-state index in [1.54, 1.807) is 0 Å². The van der Waals surface area contributed by atoms with Gasteiger partial charge in [-0.15, -0.1) is 0 Å². The van der Waals surface area contributed by atoms with Gasteiger partial charge in [0.15, 0.2) is 0 Å². The second-order valence-corrected chi connectivity index (χ2v) is 5.85. The van der Waals surface area contributed by atoms with Gasteiger partial charge >= 0.3 is 0 Å². The van der Waals surface area contributed by atoms with Crippen molar-refractivity contribution in [2.45, 2.75) is 39.0 Å². The number of carbonyl (C=O) groups is 1. The Hall–Kier alpha value is -1.08. The summed E-state index contributed by atoms with van der Waals surface area (Å²) in [4.78, 5) is 16.7. The van der Waals surface area contributed by atoms with Crippen LogP contribution in [0.5, 0.6) is 0 Å². The molecule has 0 N–H and O–H groups in total. The lowest BCUT2D eigenvalue weighted by atomic mass is 9.74. The molecule has 0 aromatic heterocycles. The van der Waals surface area contributed by atoms with Crippen LogP contribution in [0.3, 0.4) is 0 Å². The summed E-state index contributed by atoms with van der Waals surface area (Å²) in [6.07, 6.45) is 5.75. The molecule has 1 aliphatic heterocycles. The third kappa shape index (κ3) is 2.84. The summed E-state index contributed by atoms with van der Waals surface area (Å²) in [5.41, 5.74) is -0.115. The van der Waals surface area contributed by atoms with Crippen LogP contribution in [0.1, 0.15) is 39.0 Å². The van der Waals surface area contributed by atoms with Gasteiger partial charge in [0.25, 0.3) is 0 Å². The zero-order chi connectivity index (χ0) is 13.0. The van der Waals surface area contributed by atoms with Gasteiger partial charge in [-0.2, -0.15) is 5.26 Å². The van der Waals surface area contributed by atoms with Crippen LogP contribution in [0, 0.1) is 16.7 Å². The fraction of sp³-hybridized carbons (Fsp3) is 0.857. The quantitative estimate of drug-likeness (QED) is 0.699. The highest BCUT2D eigenvalue weighted by molar-refractivity contribution is 5.82. The second kappa shape index (κ2) is 5.71. The largest absolute Gasteiger partial charge is 0.340 e. The summed E-state index contributed by atoms with van der Waals surface area (Å²) < 4.78 is 0. The predicted molar refractivity (Wildman–Crippen MR) is 69.8 cm³/mol. The van der Waals surface area contributed by atoms with Crippen molar-refractivity contribution >= 4 is 5.91 Å². The van der Waals surface area contributed by atoms with Gasteiger partial charge in [-0.05, 0) is 12.8 Å². The van der Waals surface area contributed by atoms with Crippen molar-refractivity contribution in [1.82, 2.24) is 9.80 Å². The van der Waals surface area contributed by atoms with E-state index in [1.165, 1.54) is 19.3 Å². The Labute approximate surface area is 110 Å². The maximum Gasteiger partial charge on any atom is 0.228 e. The summed E-state index contributed by atoms with van der Waals surface area (Å²) in [5, 5.41) is 8.67. The highest BCUT2D eigenvalue weighted by Gasteiger charge is 2.38. The van der Waals surface area contributed by atoms with E-state index in [4.69, 9.17) is 5.26 Å². The number of piperazine rings is 1. The minimum Gasteiger partial charge on any atom is -0.340 e. The summed E-state index contributed by atoms with van der Waals surface area (Å²) in [7, 11) is 0. The maximum absolute atomic E-state index is 12.6. The van der Waals surface area contributed by atoms with E-state index in [2.05, 4.69) is 17.9 Å². The molecule has 1 amide bonds. The summed E-state index contributed by atoms with van der Waals surface area (Å²) in [6.45, 7) is 5.88. The average Bonchev–Trinajstić information content (AvgIpc) is 2.40. The normalized spacial score (nSPS) is 24.6. The first-order valence-corrected chi connectivity index (χ1v) is 7.04. The molecule has 100 valence electrons. The molecule has 0 atom stereocenters. The van der Waals surface area contributed by atoms with Crippen LogP contribution in [-0.2, 0) is 4.79 Å². The molecule has 1 saturated carbocycles. The van der Waals surface area contributed by atoms with E-state index in [-0.39, 0.29) is 5.41 Å². The number of rotatable bonds is 2. The summed E-state index contributed by atoms with van der Waals surface area (Å²) >= 11 is 0. The van der Waals surface area contributed by atoms with E-state index < -0.39 is 0 Å². The molecule has 2 fully saturated rings. The Morgan fingerprint density at radius 3 is 2.33 bits per heavy atom. The molecule has 0 bridgehead atoms. The second-order valence-electron chi connectivity index (χ2n) is 5.85. The molecule has 2 aliphatic rings. The number of hydrogen-bond acceptors (Lipinski definition) is 3. The predicted octanol–water partition coefficient (Wildman–Crippen LogP) is 1.62. The molecule has 0 unspecified atom stereocenters. The van der Waals surface area contributed by atoms with Crippen molar-refractivity contribution in [3.05, 3.63) is 0 Å². The van der Waals surface area contributed by atoms with Gasteiger partial charge in [0.05, 0.1) is 12.6 Å². The number of hydrogen-bond donors (Lipinski definition) is 0. The molecular weight excluding hydrogens is 226 g/mol. The van der Waals surface area contributed by atoms with Crippen LogP contribution in [0.15, 0.2) is 0 Å². The summed E-state index contributed by atoms with van der Waals surface area (Å²) in [6, 6.07) is 2.17. The standard InChI is InChI=1S/C14H23N3O/c1-14(5-3-2-4-6-14)13(18)17-11-9-16(8-7-15)10-12-17/h2-6,8-12H2,1H3. The van der Waals surface area contributed by atoms with E-state index >= 15 is 0 Å². The van der Waals surface area contributed by atoms with Crippen LogP contribution >= 0.6 is 0 Å².